The summed E-state index contributed by atoms with van der Waals surface area (Å²) in [6.45, 7) is 2.09. The van der Waals surface area contributed by atoms with Gasteiger partial charge in [0.2, 0.25) is 0 Å². The average Bonchev–Trinajstić information content (AvgIpc) is 2.65. The number of hydrogen-bond donors (Lipinski definition) is 1. The fourth-order valence-electron chi connectivity index (χ4n) is 3.06. The molecule has 1 aliphatic rings. The van der Waals surface area contributed by atoms with E-state index in [1.165, 1.54) is 34.1 Å². The van der Waals surface area contributed by atoms with Crippen LogP contribution in [-0.2, 0) is 12.8 Å². The molecule has 3 rings (SSSR count). The SMILES string of the molecule is Cc1cc(Cl)c2c3c([nH]c2c1)CC[C@@H](N(C)C)C3. The Bertz CT molecular complexity index is 598. The first-order valence-corrected chi connectivity index (χ1v) is 6.90. The lowest BCUT2D eigenvalue weighted by Gasteiger charge is -2.28. The maximum atomic E-state index is 6.43. The molecule has 1 N–H and O–H groups in total. The van der Waals surface area contributed by atoms with Gasteiger partial charge in [-0.25, -0.2) is 0 Å². The summed E-state index contributed by atoms with van der Waals surface area (Å²) < 4.78 is 0. The third-order valence-electron chi connectivity index (χ3n) is 4.08. The van der Waals surface area contributed by atoms with Crippen molar-refractivity contribution in [2.45, 2.75) is 32.2 Å². The second kappa shape index (κ2) is 4.29. The zero-order valence-electron chi connectivity index (χ0n) is 11.2. The molecule has 18 heavy (non-hydrogen) atoms. The molecule has 1 aromatic carbocycles. The van der Waals surface area contributed by atoms with Gasteiger partial charge in [0.1, 0.15) is 0 Å². The lowest BCUT2D eigenvalue weighted by atomic mass is 9.91. The summed E-state index contributed by atoms with van der Waals surface area (Å²) in [5.74, 6) is 0. The van der Waals surface area contributed by atoms with Crippen molar-refractivity contribution < 1.29 is 0 Å². The molecule has 1 atom stereocenters. The first-order chi connectivity index (χ1) is 8.56. The number of fused-ring (bicyclic) bond motifs is 3. The van der Waals surface area contributed by atoms with Crippen LogP contribution in [0.15, 0.2) is 12.1 Å². The van der Waals surface area contributed by atoms with Gasteiger partial charge in [0.15, 0.2) is 0 Å². The second-order valence-electron chi connectivity index (χ2n) is 5.61. The molecule has 0 unspecified atom stereocenters. The van der Waals surface area contributed by atoms with Crippen LogP contribution in [0.4, 0.5) is 0 Å². The summed E-state index contributed by atoms with van der Waals surface area (Å²) in [7, 11) is 4.33. The first-order valence-electron chi connectivity index (χ1n) is 6.52. The average molecular weight is 263 g/mol. The summed E-state index contributed by atoms with van der Waals surface area (Å²) in [4.78, 5) is 5.88. The predicted octanol–water partition coefficient (Wildman–Crippen LogP) is 3.55. The monoisotopic (exact) mass is 262 g/mol. The molecule has 0 aliphatic heterocycles. The predicted molar refractivity (Wildman–Crippen MR) is 77.5 cm³/mol. The van der Waals surface area contributed by atoms with E-state index < -0.39 is 0 Å². The molecule has 0 saturated heterocycles. The van der Waals surface area contributed by atoms with E-state index in [2.05, 4.69) is 43.0 Å². The Hall–Kier alpha value is -0.990. The van der Waals surface area contributed by atoms with Crippen molar-refractivity contribution in [2.24, 2.45) is 0 Å². The van der Waals surface area contributed by atoms with Crippen molar-refractivity contribution in [3.05, 3.63) is 34.0 Å². The van der Waals surface area contributed by atoms with Crippen LogP contribution in [0, 0.1) is 6.92 Å². The van der Waals surface area contributed by atoms with E-state index in [1.54, 1.807) is 0 Å². The number of hydrogen-bond acceptors (Lipinski definition) is 1. The molecule has 1 aromatic heterocycles. The highest BCUT2D eigenvalue weighted by molar-refractivity contribution is 6.35. The van der Waals surface area contributed by atoms with Crippen LogP contribution in [0.5, 0.6) is 0 Å². The highest BCUT2D eigenvalue weighted by atomic mass is 35.5. The van der Waals surface area contributed by atoms with Gasteiger partial charge in [0, 0.05) is 22.6 Å². The molecule has 0 radical (unpaired) electrons. The maximum absolute atomic E-state index is 6.43. The zero-order valence-corrected chi connectivity index (χ0v) is 11.9. The van der Waals surface area contributed by atoms with Crippen LogP contribution in [0.2, 0.25) is 5.02 Å². The van der Waals surface area contributed by atoms with Gasteiger partial charge in [-0.05, 0) is 63.5 Å². The van der Waals surface area contributed by atoms with E-state index in [4.69, 9.17) is 11.6 Å². The highest BCUT2D eigenvalue weighted by Crippen LogP contribution is 2.35. The summed E-state index contributed by atoms with van der Waals surface area (Å²) in [6.07, 6.45) is 3.46. The van der Waals surface area contributed by atoms with Crippen molar-refractivity contribution in [2.75, 3.05) is 14.1 Å². The molecule has 2 aromatic rings. The van der Waals surface area contributed by atoms with Crippen LogP contribution in [0.25, 0.3) is 10.9 Å². The van der Waals surface area contributed by atoms with Gasteiger partial charge in [-0.3, -0.25) is 0 Å². The van der Waals surface area contributed by atoms with Crippen LogP contribution < -0.4 is 0 Å². The minimum absolute atomic E-state index is 0.633. The van der Waals surface area contributed by atoms with Crippen molar-refractivity contribution in [1.29, 1.82) is 0 Å². The molecule has 96 valence electrons. The molecule has 0 bridgehead atoms. The van der Waals surface area contributed by atoms with Crippen molar-refractivity contribution >= 4 is 22.5 Å². The Balaban J connectivity index is 2.15. The third-order valence-corrected chi connectivity index (χ3v) is 4.38. The fraction of sp³-hybridized carbons (Fsp3) is 0.467. The molecule has 0 spiro atoms. The van der Waals surface area contributed by atoms with Gasteiger partial charge < -0.3 is 9.88 Å². The van der Waals surface area contributed by atoms with E-state index in [0.717, 1.165) is 17.9 Å². The number of nitrogens with zero attached hydrogens (tertiary/aromatic N) is 1. The Morgan fingerprint density at radius 3 is 2.83 bits per heavy atom. The van der Waals surface area contributed by atoms with E-state index >= 15 is 0 Å². The Labute approximate surface area is 113 Å². The van der Waals surface area contributed by atoms with Crippen LogP contribution in [0.3, 0.4) is 0 Å². The number of H-pyrrole nitrogens is 1. The van der Waals surface area contributed by atoms with Crippen LogP contribution >= 0.6 is 11.6 Å². The molecular formula is C15H19ClN2. The number of likely N-dealkylation sites (N-methyl/N-ethyl adjacent to an activating group) is 1. The second-order valence-corrected chi connectivity index (χ2v) is 6.02. The topological polar surface area (TPSA) is 19.0 Å². The molecule has 0 saturated carbocycles. The largest absolute Gasteiger partial charge is 0.358 e. The number of aromatic amines is 1. The van der Waals surface area contributed by atoms with E-state index in [-0.39, 0.29) is 0 Å². The van der Waals surface area contributed by atoms with E-state index in [9.17, 15) is 0 Å². The number of aryl methyl sites for hydroxylation is 2. The molecule has 1 heterocycles. The molecular weight excluding hydrogens is 244 g/mol. The smallest absolute Gasteiger partial charge is 0.0505 e. The van der Waals surface area contributed by atoms with Gasteiger partial charge in [-0.2, -0.15) is 0 Å². The van der Waals surface area contributed by atoms with Gasteiger partial charge in [-0.1, -0.05) is 11.6 Å². The minimum atomic E-state index is 0.633. The number of rotatable bonds is 1. The molecule has 1 aliphatic carbocycles. The Morgan fingerprint density at radius 1 is 1.33 bits per heavy atom. The summed E-state index contributed by atoms with van der Waals surface area (Å²) in [5, 5.41) is 2.13. The lowest BCUT2D eigenvalue weighted by Crippen LogP contribution is -2.33. The maximum Gasteiger partial charge on any atom is 0.0505 e. The van der Waals surface area contributed by atoms with Crippen LogP contribution in [0.1, 0.15) is 23.2 Å². The molecule has 2 nitrogen and oxygen atoms in total. The molecule has 0 fully saturated rings. The van der Waals surface area contributed by atoms with Crippen molar-refractivity contribution in [1.82, 2.24) is 9.88 Å². The quantitative estimate of drug-likeness (QED) is 0.833. The van der Waals surface area contributed by atoms with Gasteiger partial charge in [0.25, 0.3) is 0 Å². The Morgan fingerprint density at radius 2 is 2.11 bits per heavy atom. The zero-order chi connectivity index (χ0) is 12.9. The Kier molecular flexibility index (Phi) is 2.87. The standard InChI is InChI=1S/C15H19ClN2/c1-9-6-12(16)15-11-8-10(18(2)3)4-5-13(11)17-14(15)7-9/h6-7,10,17H,4-5,8H2,1-3H3/t10-/m1/s1. The van der Waals surface area contributed by atoms with E-state index in [0.29, 0.717) is 6.04 Å². The third kappa shape index (κ3) is 1.84. The number of benzene rings is 1. The van der Waals surface area contributed by atoms with Crippen molar-refractivity contribution in [3.63, 3.8) is 0 Å². The van der Waals surface area contributed by atoms with Gasteiger partial charge in [-0.15, -0.1) is 0 Å². The number of nitrogens with one attached hydrogen (secondary N) is 1. The summed E-state index contributed by atoms with van der Waals surface area (Å²) in [5.41, 5.74) is 5.23. The minimum Gasteiger partial charge on any atom is -0.358 e. The fourth-order valence-corrected chi connectivity index (χ4v) is 3.45. The van der Waals surface area contributed by atoms with Crippen LogP contribution in [-0.4, -0.2) is 30.0 Å². The number of halogens is 1. The molecule has 3 heteroatoms. The van der Waals surface area contributed by atoms with Crippen molar-refractivity contribution in [3.8, 4) is 0 Å². The molecule has 0 amide bonds. The number of aromatic nitrogens is 1. The van der Waals surface area contributed by atoms with Gasteiger partial charge >= 0.3 is 0 Å². The van der Waals surface area contributed by atoms with Gasteiger partial charge in [0.05, 0.1) is 5.02 Å². The summed E-state index contributed by atoms with van der Waals surface area (Å²) >= 11 is 6.43. The first kappa shape index (κ1) is 12.1. The van der Waals surface area contributed by atoms with E-state index in [1.807, 2.05) is 0 Å². The lowest BCUT2D eigenvalue weighted by molar-refractivity contribution is 0.268. The highest BCUT2D eigenvalue weighted by Gasteiger charge is 2.24. The summed E-state index contributed by atoms with van der Waals surface area (Å²) in [6, 6.07) is 4.90. The normalized spacial score (nSPS) is 19.5.